The summed E-state index contributed by atoms with van der Waals surface area (Å²) in [5.74, 6) is -0.397. The first-order valence-corrected chi connectivity index (χ1v) is 6.55. The van der Waals surface area contributed by atoms with Crippen molar-refractivity contribution in [2.75, 3.05) is 18.9 Å². The Balaban J connectivity index is 2.38. The van der Waals surface area contributed by atoms with Crippen LogP contribution in [0.5, 0.6) is 0 Å². The Morgan fingerprint density at radius 3 is 2.68 bits per heavy atom. The molecule has 2 heterocycles. The fraction of sp³-hybridized carbons (Fsp3) is 0.455. The Hall–Kier alpha value is -1.64. The number of nitrogens with zero attached hydrogens (tertiary/aromatic N) is 2. The van der Waals surface area contributed by atoms with Gasteiger partial charge >= 0.3 is 0 Å². The van der Waals surface area contributed by atoms with E-state index >= 15 is 0 Å². The quantitative estimate of drug-likeness (QED) is 0.610. The van der Waals surface area contributed by atoms with Crippen molar-refractivity contribution in [2.45, 2.75) is 13.0 Å². The molecule has 0 aromatic carbocycles. The second-order valence-electron chi connectivity index (χ2n) is 4.27. The molecule has 0 aliphatic rings. The predicted molar refractivity (Wildman–Crippen MR) is 73.2 cm³/mol. The Labute approximate surface area is 113 Å². The number of nitrogen functional groups attached to an aromatic ring is 1. The average molecular weight is 284 g/mol. The van der Waals surface area contributed by atoms with Gasteiger partial charge in [0.05, 0.1) is 36.0 Å². The molecule has 1 amide bonds. The van der Waals surface area contributed by atoms with Crippen LogP contribution in [0.3, 0.4) is 0 Å². The van der Waals surface area contributed by atoms with Gasteiger partial charge in [0.25, 0.3) is 5.91 Å². The maximum Gasteiger partial charge on any atom is 0.263 e. The smallest absolute Gasteiger partial charge is 0.263 e. The van der Waals surface area contributed by atoms with Gasteiger partial charge in [-0.25, -0.2) is 0 Å². The van der Waals surface area contributed by atoms with E-state index in [1.54, 1.807) is 11.7 Å². The number of amides is 1. The monoisotopic (exact) mass is 284 g/mol. The minimum atomic E-state index is -0.684. The molecule has 0 aliphatic carbocycles. The molecule has 7 nitrogen and oxygen atoms in total. The number of thiophene rings is 1. The minimum Gasteiger partial charge on any atom is -0.397 e. The van der Waals surface area contributed by atoms with E-state index in [0.29, 0.717) is 10.6 Å². The highest BCUT2D eigenvalue weighted by atomic mass is 32.1. The number of aliphatic hydroxyl groups is 2. The van der Waals surface area contributed by atoms with E-state index in [1.807, 2.05) is 6.92 Å². The van der Waals surface area contributed by atoms with Crippen LogP contribution in [-0.2, 0) is 7.05 Å². The van der Waals surface area contributed by atoms with Crippen molar-refractivity contribution in [3.63, 3.8) is 0 Å². The number of nitrogens with one attached hydrogen (secondary N) is 1. The number of hydrogen-bond donors (Lipinski definition) is 4. The molecule has 0 bridgehead atoms. The molecule has 2 aromatic heterocycles. The number of aliphatic hydroxyl groups excluding tert-OH is 2. The molecule has 0 saturated carbocycles. The van der Waals surface area contributed by atoms with E-state index in [-0.39, 0.29) is 13.2 Å². The van der Waals surface area contributed by atoms with Gasteiger partial charge in [-0.3, -0.25) is 9.48 Å². The third-order valence-electron chi connectivity index (χ3n) is 2.86. The van der Waals surface area contributed by atoms with Crippen LogP contribution in [0.4, 0.5) is 5.69 Å². The number of hydrogen-bond acceptors (Lipinski definition) is 6. The molecule has 2 aromatic rings. The number of aryl methyl sites for hydroxylation is 2. The summed E-state index contributed by atoms with van der Waals surface area (Å²) in [6.07, 6.45) is 0. The van der Waals surface area contributed by atoms with Crippen LogP contribution in [-0.4, -0.2) is 45.2 Å². The van der Waals surface area contributed by atoms with Gasteiger partial charge in [0.15, 0.2) is 0 Å². The van der Waals surface area contributed by atoms with Gasteiger partial charge in [-0.1, -0.05) is 0 Å². The van der Waals surface area contributed by atoms with Crippen molar-refractivity contribution in [1.82, 2.24) is 15.1 Å². The lowest BCUT2D eigenvalue weighted by Crippen LogP contribution is -2.39. The highest BCUT2D eigenvalue weighted by Gasteiger charge is 2.22. The van der Waals surface area contributed by atoms with Crippen LogP contribution in [0.25, 0.3) is 10.2 Å². The van der Waals surface area contributed by atoms with Gasteiger partial charge in [-0.05, 0) is 6.92 Å². The predicted octanol–water partition coefficient (Wildman–Crippen LogP) is -0.392. The standard InChI is InChI=1S/C11H16N4O3S/c1-5-7-8(12)9(19-11(7)15(2)14-5)10(18)13-6(3-16)4-17/h6,16-17H,3-4,12H2,1-2H3,(H,13,18). The summed E-state index contributed by atoms with van der Waals surface area (Å²) < 4.78 is 1.68. The summed E-state index contributed by atoms with van der Waals surface area (Å²) in [6.45, 7) is 1.18. The summed E-state index contributed by atoms with van der Waals surface area (Å²) in [7, 11) is 1.79. The molecule has 104 valence electrons. The largest absolute Gasteiger partial charge is 0.397 e. The Bertz CT molecular complexity index is 615. The topological polar surface area (TPSA) is 113 Å². The fourth-order valence-corrected chi connectivity index (χ4v) is 2.99. The average Bonchev–Trinajstić information content (AvgIpc) is 2.86. The van der Waals surface area contributed by atoms with Gasteiger partial charge < -0.3 is 21.3 Å². The van der Waals surface area contributed by atoms with Crippen molar-refractivity contribution in [1.29, 1.82) is 0 Å². The molecule has 8 heteroatoms. The number of carbonyl (C=O) groups is 1. The number of anilines is 1. The molecule has 2 rings (SSSR count). The molecule has 0 fully saturated rings. The SMILES string of the molecule is Cc1nn(C)c2sc(C(=O)NC(CO)CO)c(N)c12. The van der Waals surface area contributed by atoms with E-state index < -0.39 is 11.9 Å². The molecule has 0 spiro atoms. The molecule has 0 atom stereocenters. The maximum absolute atomic E-state index is 12.1. The summed E-state index contributed by atoms with van der Waals surface area (Å²) in [4.78, 5) is 13.2. The van der Waals surface area contributed by atoms with Gasteiger partial charge in [0.2, 0.25) is 0 Å². The molecule has 19 heavy (non-hydrogen) atoms. The van der Waals surface area contributed by atoms with Gasteiger partial charge in [-0.15, -0.1) is 11.3 Å². The first kappa shape index (κ1) is 13.8. The lowest BCUT2D eigenvalue weighted by Gasteiger charge is -2.12. The zero-order chi connectivity index (χ0) is 14.2. The van der Waals surface area contributed by atoms with Crippen LogP contribution in [0.15, 0.2) is 0 Å². The van der Waals surface area contributed by atoms with Gasteiger partial charge in [0, 0.05) is 7.05 Å². The van der Waals surface area contributed by atoms with E-state index in [1.165, 1.54) is 11.3 Å². The van der Waals surface area contributed by atoms with E-state index in [0.717, 1.165) is 15.9 Å². The zero-order valence-electron chi connectivity index (χ0n) is 10.7. The van der Waals surface area contributed by atoms with E-state index in [4.69, 9.17) is 15.9 Å². The van der Waals surface area contributed by atoms with Crippen molar-refractivity contribution < 1.29 is 15.0 Å². The van der Waals surface area contributed by atoms with Crippen molar-refractivity contribution in [3.8, 4) is 0 Å². The van der Waals surface area contributed by atoms with E-state index in [2.05, 4.69) is 10.4 Å². The number of carbonyl (C=O) groups excluding carboxylic acids is 1. The molecule has 0 aliphatic heterocycles. The molecule has 0 unspecified atom stereocenters. The number of rotatable bonds is 4. The third kappa shape index (κ3) is 2.29. The molecule has 0 radical (unpaired) electrons. The molecular formula is C11H16N4O3S. The second-order valence-corrected chi connectivity index (χ2v) is 5.27. The first-order chi connectivity index (χ1) is 8.99. The van der Waals surface area contributed by atoms with Crippen LogP contribution < -0.4 is 11.1 Å². The summed E-state index contributed by atoms with van der Waals surface area (Å²) >= 11 is 1.24. The molecular weight excluding hydrogens is 268 g/mol. The number of nitrogens with two attached hydrogens (primary N) is 1. The Morgan fingerprint density at radius 2 is 2.16 bits per heavy atom. The summed E-state index contributed by atoms with van der Waals surface area (Å²) in [5.41, 5.74) is 7.14. The Morgan fingerprint density at radius 1 is 1.53 bits per heavy atom. The Kier molecular flexibility index (Phi) is 3.74. The molecule has 5 N–H and O–H groups in total. The molecule has 0 saturated heterocycles. The normalized spacial score (nSPS) is 11.4. The zero-order valence-corrected chi connectivity index (χ0v) is 11.5. The minimum absolute atomic E-state index is 0.326. The number of fused-ring (bicyclic) bond motifs is 1. The van der Waals surface area contributed by atoms with Crippen molar-refractivity contribution in [3.05, 3.63) is 10.6 Å². The maximum atomic E-state index is 12.1. The summed E-state index contributed by atoms with van der Waals surface area (Å²) in [5, 5.41) is 25.5. The second kappa shape index (κ2) is 5.16. The summed E-state index contributed by atoms with van der Waals surface area (Å²) in [6, 6.07) is -0.684. The lowest BCUT2D eigenvalue weighted by atomic mass is 10.2. The van der Waals surface area contributed by atoms with Crippen LogP contribution in [0, 0.1) is 6.92 Å². The highest BCUT2D eigenvalue weighted by Crippen LogP contribution is 2.35. The lowest BCUT2D eigenvalue weighted by molar-refractivity contribution is 0.0884. The van der Waals surface area contributed by atoms with Crippen LogP contribution in [0.2, 0.25) is 0 Å². The van der Waals surface area contributed by atoms with Gasteiger partial charge in [0.1, 0.15) is 9.71 Å². The van der Waals surface area contributed by atoms with Gasteiger partial charge in [-0.2, -0.15) is 5.10 Å². The third-order valence-corrected chi connectivity index (χ3v) is 4.14. The fourth-order valence-electron chi connectivity index (χ4n) is 1.90. The van der Waals surface area contributed by atoms with E-state index in [9.17, 15) is 4.79 Å². The highest BCUT2D eigenvalue weighted by molar-refractivity contribution is 7.21. The van der Waals surface area contributed by atoms with Crippen LogP contribution >= 0.6 is 11.3 Å². The first-order valence-electron chi connectivity index (χ1n) is 5.73. The van der Waals surface area contributed by atoms with Crippen LogP contribution in [0.1, 0.15) is 15.4 Å². The van der Waals surface area contributed by atoms with Crippen molar-refractivity contribution in [2.24, 2.45) is 7.05 Å². The van der Waals surface area contributed by atoms with Crippen molar-refractivity contribution >= 4 is 33.1 Å². The number of aromatic nitrogens is 2.